The second-order valence-corrected chi connectivity index (χ2v) is 23.7. The summed E-state index contributed by atoms with van der Waals surface area (Å²) in [5, 5.41) is 0. The van der Waals surface area contributed by atoms with Gasteiger partial charge in [-0.25, -0.2) is 0 Å². The Morgan fingerprint density at radius 1 is 0.433 bits per heavy atom. The highest BCUT2D eigenvalue weighted by atomic mass is 28.5. The van der Waals surface area contributed by atoms with Crippen LogP contribution in [0.1, 0.15) is 0 Å². The third kappa shape index (κ3) is 8.88. The summed E-state index contributed by atoms with van der Waals surface area (Å²) in [6, 6.07) is 0.635. The SMILES string of the molecule is CO[Si](C)(O[Si](C)(C)C)O[Si](CC[Si](OC)(OC)OC)(OC)O[Si](OC)(OC)OC. The predicted octanol–water partition coefficient (Wildman–Crippen LogP) is 1.92. The maximum absolute atomic E-state index is 6.46. The van der Waals surface area contributed by atoms with E-state index < -0.39 is 43.8 Å². The van der Waals surface area contributed by atoms with Crippen molar-refractivity contribution in [2.45, 2.75) is 38.3 Å². The summed E-state index contributed by atoms with van der Waals surface area (Å²) in [5.74, 6) is 0. The summed E-state index contributed by atoms with van der Waals surface area (Å²) in [5.41, 5.74) is 0. The van der Waals surface area contributed by atoms with Crippen molar-refractivity contribution < 1.29 is 47.8 Å². The van der Waals surface area contributed by atoms with E-state index in [1.165, 1.54) is 49.8 Å². The van der Waals surface area contributed by atoms with Gasteiger partial charge in [0.1, 0.15) is 0 Å². The van der Waals surface area contributed by atoms with E-state index in [1.54, 1.807) is 13.7 Å². The first-order valence-corrected chi connectivity index (χ1v) is 20.5. The van der Waals surface area contributed by atoms with Crippen molar-refractivity contribution in [3.63, 3.8) is 0 Å². The first kappa shape index (κ1) is 30.6. The molecule has 0 aliphatic rings. The van der Waals surface area contributed by atoms with E-state index in [2.05, 4.69) is 19.6 Å². The Balaban J connectivity index is 6.14. The molecule has 0 aromatic heterocycles. The maximum Gasteiger partial charge on any atom is 0.671 e. The van der Waals surface area contributed by atoms with Gasteiger partial charge in [-0.2, -0.15) is 0 Å². The molecule has 0 aliphatic carbocycles. The van der Waals surface area contributed by atoms with Crippen LogP contribution in [0.3, 0.4) is 0 Å². The van der Waals surface area contributed by atoms with Gasteiger partial charge in [0.25, 0.3) is 0 Å². The molecule has 0 spiro atoms. The highest BCUT2D eigenvalue weighted by Gasteiger charge is 2.60. The van der Waals surface area contributed by atoms with Gasteiger partial charge in [-0.1, -0.05) is 0 Å². The van der Waals surface area contributed by atoms with Crippen LogP contribution in [0, 0.1) is 0 Å². The lowest BCUT2D eigenvalue weighted by Crippen LogP contribution is -2.65. The lowest BCUT2D eigenvalue weighted by Gasteiger charge is -2.41. The topological polar surface area (TPSA) is 102 Å². The van der Waals surface area contributed by atoms with E-state index in [-0.39, 0.29) is 6.04 Å². The lowest BCUT2D eigenvalue weighted by atomic mass is 11.0. The second-order valence-electron chi connectivity index (χ2n) is 7.28. The fourth-order valence-electron chi connectivity index (χ4n) is 2.68. The van der Waals surface area contributed by atoms with E-state index in [0.29, 0.717) is 6.04 Å². The van der Waals surface area contributed by atoms with Gasteiger partial charge in [0.05, 0.1) is 0 Å². The zero-order chi connectivity index (χ0) is 23.7. The van der Waals surface area contributed by atoms with Gasteiger partial charge in [0, 0.05) is 75.5 Å². The van der Waals surface area contributed by atoms with Gasteiger partial charge in [0.2, 0.25) is 0 Å². The predicted molar refractivity (Wildman–Crippen MR) is 121 cm³/mol. The quantitative estimate of drug-likeness (QED) is 0.261. The molecule has 30 heavy (non-hydrogen) atoms. The van der Waals surface area contributed by atoms with E-state index in [0.717, 1.165) is 0 Å². The van der Waals surface area contributed by atoms with E-state index in [4.69, 9.17) is 47.8 Å². The van der Waals surface area contributed by atoms with Crippen LogP contribution in [0.15, 0.2) is 0 Å². The van der Waals surface area contributed by atoms with Crippen molar-refractivity contribution in [1.82, 2.24) is 0 Å². The molecule has 2 unspecified atom stereocenters. The first-order chi connectivity index (χ1) is 13.8. The Kier molecular flexibility index (Phi) is 13.0. The van der Waals surface area contributed by atoms with Crippen LogP contribution in [0.25, 0.3) is 0 Å². The van der Waals surface area contributed by atoms with Gasteiger partial charge in [0.15, 0.2) is 8.32 Å². The minimum Gasteiger partial charge on any atom is -0.416 e. The molecule has 0 aliphatic heterocycles. The minimum atomic E-state index is -3.57. The Hall–Kier alpha value is 0.644. The zero-order valence-corrected chi connectivity index (χ0v) is 25.4. The monoisotopic (exact) mass is 524 g/mol. The molecule has 11 nitrogen and oxygen atoms in total. The van der Waals surface area contributed by atoms with Crippen molar-refractivity contribution in [3.8, 4) is 0 Å². The normalized spacial score (nSPS) is 17.6. The van der Waals surface area contributed by atoms with Crippen molar-refractivity contribution in [2.75, 3.05) is 56.9 Å². The summed E-state index contributed by atoms with van der Waals surface area (Å²) in [7, 11) is -3.24. The van der Waals surface area contributed by atoms with Crippen LogP contribution in [0.4, 0.5) is 0 Å². The van der Waals surface area contributed by atoms with Gasteiger partial charge in [-0.15, -0.1) is 0 Å². The summed E-state index contributed by atoms with van der Waals surface area (Å²) in [6.45, 7) is 7.96. The van der Waals surface area contributed by atoms with Gasteiger partial charge in [-0.3, -0.25) is 0 Å². The molecular weight excluding hydrogens is 485 g/mol. The Labute approximate surface area is 186 Å². The molecule has 16 heteroatoms. The summed E-state index contributed by atoms with van der Waals surface area (Å²) >= 11 is 0. The largest absolute Gasteiger partial charge is 0.671 e. The lowest BCUT2D eigenvalue weighted by molar-refractivity contribution is 0.0151. The maximum atomic E-state index is 6.46. The highest BCUT2D eigenvalue weighted by Crippen LogP contribution is 2.32. The van der Waals surface area contributed by atoms with Crippen molar-refractivity contribution in [2.24, 2.45) is 0 Å². The molecule has 2 atom stereocenters. The average Bonchev–Trinajstić information content (AvgIpc) is 2.72. The van der Waals surface area contributed by atoms with Crippen molar-refractivity contribution in [1.29, 1.82) is 0 Å². The smallest absolute Gasteiger partial charge is 0.416 e. The molecule has 0 saturated heterocycles. The van der Waals surface area contributed by atoms with Crippen LogP contribution >= 0.6 is 0 Å². The first-order valence-electron chi connectivity index (χ1n) is 9.33. The second kappa shape index (κ2) is 12.8. The van der Waals surface area contributed by atoms with Crippen LogP contribution in [-0.2, 0) is 47.8 Å². The molecule has 182 valence electrons. The number of hydrogen-bond acceptors (Lipinski definition) is 11. The average molecular weight is 525 g/mol. The van der Waals surface area contributed by atoms with E-state index in [9.17, 15) is 0 Å². The number of rotatable bonds is 17. The van der Waals surface area contributed by atoms with E-state index in [1.807, 2.05) is 0 Å². The zero-order valence-electron chi connectivity index (χ0n) is 20.4. The molecule has 0 N–H and O–H groups in total. The summed E-state index contributed by atoms with van der Waals surface area (Å²) in [4.78, 5) is 0. The molecule has 0 amide bonds. The Morgan fingerprint density at radius 2 is 0.833 bits per heavy atom. The number of hydrogen-bond donors (Lipinski definition) is 0. The molecule has 0 heterocycles. The van der Waals surface area contributed by atoms with Crippen molar-refractivity contribution in [3.05, 3.63) is 0 Å². The standard InChI is InChI=1S/C14H40O11Si5/c1-15-27(12,23-26(9,10)11)24-29(19-5,25-30(20-6,21-7)22-8)14-13-28(16-2,17-3)18-4/h13-14H2,1-12H3. The van der Waals surface area contributed by atoms with Crippen LogP contribution in [0.2, 0.25) is 38.3 Å². The third-order valence-electron chi connectivity index (χ3n) is 4.22. The molecule has 0 fully saturated rings. The fraction of sp³-hybridized carbons (Fsp3) is 1.00. The molecule has 0 saturated carbocycles. The van der Waals surface area contributed by atoms with Crippen LogP contribution in [-0.4, -0.2) is 101 Å². The molecule has 0 aromatic carbocycles. The molecule has 0 radical (unpaired) electrons. The van der Waals surface area contributed by atoms with Crippen LogP contribution in [0.5, 0.6) is 0 Å². The molecule has 0 bridgehead atoms. The molecule has 0 rings (SSSR count). The molecular formula is C14H40O11Si5. The summed E-state index contributed by atoms with van der Waals surface area (Å²) < 4.78 is 63.6. The Bertz CT molecular complexity index is 473. The van der Waals surface area contributed by atoms with Gasteiger partial charge >= 0.3 is 35.5 Å². The minimum absolute atomic E-state index is 0.275. The Morgan fingerprint density at radius 3 is 1.13 bits per heavy atom. The van der Waals surface area contributed by atoms with Gasteiger partial charge < -0.3 is 47.8 Å². The fourth-order valence-corrected chi connectivity index (χ4v) is 19.4. The third-order valence-corrected chi connectivity index (χ3v) is 20.1. The van der Waals surface area contributed by atoms with Gasteiger partial charge in [-0.05, 0) is 19.6 Å². The molecule has 0 aromatic rings. The van der Waals surface area contributed by atoms with Crippen molar-refractivity contribution >= 4 is 43.8 Å². The van der Waals surface area contributed by atoms with E-state index >= 15 is 0 Å². The highest BCUT2D eigenvalue weighted by molar-refractivity contribution is 6.85. The summed E-state index contributed by atoms with van der Waals surface area (Å²) in [6.07, 6.45) is 0. The van der Waals surface area contributed by atoms with Crippen LogP contribution < -0.4 is 0 Å².